The van der Waals surface area contributed by atoms with Crippen LogP contribution in [0.5, 0.6) is 5.88 Å². The lowest BCUT2D eigenvalue weighted by atomic mass is 9.77. The van der Waals surface area contributed by atoms with Crippen molar-refractivity contribution in [1.82, 2.24) is 15.6 Å². The van der Waals surface area contributed by atoms with Crippen LogP contribution in [0.15, 0.2) is 18.3 Å². The number of carbonyl (C=O) groups is 1. The lowest BCUT2D eigenvalue weighted by Gasteiger charge is -2.39. The molecule has 0 aliphatic heterocycles. The number of carbonyl (C=O) groups excluding carboxylic acids is 1. The van der Waals surface area contributed by atoms with Crippen LogP contribution in [-0.4, -0.2) is 36.0 Å². The Morgan fingerprint density at radius 2 is 2.04 bits per heavy atom. The average molecular weight is 371 g/mol. The third kappa shape index (κ3) is 5.68. The van der Waals surface area contributed by atoms with Gasteiger partial charge < -0.3 is 15.4 Å². The minimum Gasteiger partial charge on any atom is -0.417 e. The van der Waals surface area contributed by atoms with Crippen LogP contribution in [0.3, 0.4) is 0 Å². The van der Waals surface area contributed by atoms with E-state index in [2.05, 4.69) is 15.0 Å². The second-order valence-electron chi connectivity index (χ2n) is 5.64. The Kier molecular flexibility index (Phi) is 5.63. The monoisotopic (exact) mass is 371 g/mol. The highest BCUT2D eigenvalue weighted by atomic mass is 19.3. The highest BCUT2D eigenvalue weighted by Crippen LogP contribution is 2.49. The highest BCUT2D eigenvalue weighted by Gasteiger charge is 2.56. The molecule has 2 rings (SSSR count). The number of urea groups is 1. The van der Waals surface area contributed by atoms with Crippen LogP contribution >= 0.6 is 0 Å². The molecule has 1 aromatic heterocycles. The lowest BCUT2D eigenvalue weighted by Crippen LogP contribution is -2.52. The molecule has 0 unspecified atom stereocenters. The van der Waals surface area contributed by atoms with Gasteiger partial charge in [-0.1, -0.05) is 0 Å². The van der Waals surface area contributed by atoms with Crippen molar-refractivity contribution in [3.8, 4) is 5.88 Å². The van der Waals surface area contributed by atoms with Gasteiger partial charge in [0.2, 0.25) is 11.8 Å². The van der Waals surface area contributed by atoms with E-state index in [4.69, 9.17) is 0 Å². The number of pyridine rings is 1. The number of ether oxygens (including phenoxy) is 1. The Labute approximate surface area is 138 Å². The highest BCUT2D eigenvalue weighted by molar-refractivity contribution is 5.73. The molecule has 1 aliphatic carbocycles. The molecule has 2 amide bonds. The van der Waals surface area contributed by atoms with Crippen LogP contribution in [0, 0.1) is 5.92 Å². The standard InChI is InChI=1S/C14H15F6N3O2/c15-11(16)25-10-3-8(1-2-21-10)6-22-12(24)23-7-14(19,20)9-4-13(17,18)5-9/h1-3,9,11H,4-7H2,(H2,22,23,24). The molecule has 0 spiro atoms. The molecule has 11 heteroatoms. The van der Waals surface area contributed by atoms with E-state index >= 15 is 0 Å². The van der Waals surface area contributed by atoms with Gasteiger partial charge in [-0.25, -0.2) is 27.3 Å². The average Bonchev–Trinajstić information content (AvgIpc) is 2.48. The smallest absolute Gasteiger partial charge is 0.388 e. The van der Waals surface area contributed by atoms with E-state index in [-0.39, 0.29) is 12.4 Å². The summed E-state index contributed by atoms with van der Waals surface area (Å²) in [6.07, 6.45) is -0.641. The number of halogens is 6. The molecular formula is C14H15F6N3O2. The van der Waals surface area contributed by atoms with Crippen molar-refractivity contribution in [3.05, 3.63) is 23.9 Å². The van der Waals surface area contributed by atoms with Gasteiger partial charge in [-0.05, 0) is 11.6 Å². The van der Waals surface area contributed by atoms with Crippen molar-refractivity contribution in [3.63, 3.8) is 0 Å². The Bertz CT molecular complexity index is 606. The molecule has 0 bridgehead atoms. The van der Waals surface area contributed by atoms with Crippen molar-refractivity contribution in [2.75, 3.05) is 6.54 Å². The molecule has 1 saturated carbocycles. The van der Waals surface area contributed by atoms with E-state index in [9.17, 15) is 31.1 Å². The lowest BCUT2D eigenvalue weighted by molar-refractivity contribution is -0.190. The van der Waals surface area contributed by atoms with Crippen LogP contribution in [0.2, 0.25) is 0 Å². The molecule has 25 heavy (non-hydrogen) atoms. The second kappa shape index (κ2) is 7.36. The summed E-state index contributed by atoms with van der Waals surface area (Å²) in [7, 11) is 0. The quantitative estimate of drug-likeness (QED) is 0.724. The molecule has 1 aliphatic rings. The fourth-order valence-corrected chi connectivity index (χ4v) is 2.26. The SMILES string of the molecule is O=C(NCc1ccnc(OC(F)F)c1)NCC(F)(F)C1CC(F)(F)C1. The van der Waals surface area contributed by atoms with Gasteiger partial charge in [0.15, 0.2) is 0 Å². The van der Waals surface area contributed by atoms with Gasteiger partial charge in [0.25, 0.3) is 5.92 Å². The third-order valence-corrected chi connectivity index (χ3v) is 3.63. The Morgan fingerprint density at radius 3 is 2.64 bits per heavy atom. The summed E-state index contributed by atoms with van der Waals surface area (Å²) in [4.78, 5) is 15.0. The molecule has 2 N–H and O–H groups in total. The van der Waals surface area contributed by atoms with Gasteiger partial charge in [-0.2, -0.15) is 8.78 Å². The minimum atomic E-state index is -3.44. The van der Waals surface area contributed by atoms with E-state index < -0.39 is 49.8 Å². The zero-order valence-electron chi connectivity index (χ0n) is 12.7. The molecule has 0 aromatic carbocycles. The number of rotatable bonds is 7. The van der Waals surface area contributed by atoms with Gasteiger partial charge in [0.05, 0.1) is 6.54 Å². The molecule has 0 atom stereocenters. The van der Waals surface area contributed by atoms with E-state index in [1.165, 1.54) is 12.3 Å². The molecule has 0 radical (unpaired) electrons. The molecule has 140 valence electrons. The van der Waals surface area contributed by atoms with Crippen LogP contribution in [0.4, 0.5) is 31.1 Å². The Balaban J connectivity index is 1.75. The van der Waals surface area contributed by atoms with Crippen molar-refractivity contribution >= 4 is 6.03 Å². The van der Waals surface area contributed by atoms with Gasteiger partial charge in [0.1, 0.15) is 0 Å². The van der Waals surface area contributed by atoms with E-state index in [0.29, 0.717) is 5.56 Å². The Hall–Kier alpha value is -2.20. The third-order valence-electron chi connectivity index (χ3n) is 3.63. The maximum atomic E-state index is 13.6. The predicted molar refractivity (Wildman–Crippen MR) is 73.7 cm³/mol. The predicted octanol–water partition coefficient (Wildman–Crippen LogP) is 3.16. The number of nitrogens with zero attached hydrogens (tertiary/aromatic N) is 1. The molecular weight excluding hydrogens is 356 g/mol. The first-order valence-electron chi connectivity index (χ1n) is 7.24. The summed E-state index contributed by atoms with van der Waals surface area (Å²) in [5.41, 5.74) is 0.353. The van der Waals surface area contributed by atoms with Crippen molar-refractivity contribution in [1.29, 1.82) is 0 Å². The zero-order chi connectivity index (χ0) is 18.7. The second-order valence-corrected chi connectivity index (χ2v) is 5.64. The number of nitrogens with one attached hydrogen (secondary N) is 2. The summed E-state index contributed by atoms with van der Waals surface area (Å²) >= 11 is 0. The van der Waals surface area contributed by atoms with Gasteiger partial charge in [-0.15, -0.1) is 0 Å². The number of amides is 2. The van der Waals surface area contributed by atoms with Gasteiger partial charge in [0, 0.05) is 37.6 Å². The van der Waals surface area contributed by atoms with Gasteiger partial charge in [-0.3, -0.25) is 0 Å². The van der Waals surface area contributed by atoms with Crippen molar-refractivity contribution in [2.24, 2.45) is 5.92 Å². The summed E-state index contributed by atoms with van der Waals surface area (Å²) in [6.45, 7) is -4.28. The zero-order valence-corrected chi connectivity index (χ0v) is 12.7. The van der Waals surface area contributed by atoms with Crippen LogP contribution < -0.4 is 15.4 Å². The number of hydrogen-bond donors (Lipinski definition) is 2. The first-order valence-corrected chi connectivity index (χ1v) is 7.24. The molecule has 0 saturated heterocycles. The fourth-order valence-electron chi connectivity index (χ4n) is 2.26. The minimum absolute atomic E-state index is 0.152. The van der Waals surface area contributed by atoms with E-state index in [0.717, 1.165) is 6.07 Å². The maximum Gasteiger partial charge on any atom is 0.388 e. The van der Waals surface area contributed by atoms with Crippen LogP contribution in [0.1, 0.15) is 18.4 Å². The van der Waals surface area contributed by atoms with Crippen LogP contribution in [-0.2, 0) is 6.54 Å². The molecule has 1 aromatic rings. The van der Waals surface area contributed by atoms with E-state index in [1.54, 1.807) is 0 Å². The maximum absolute atomic E-state index is 13.6. The van der Waals surface area contributed by atoms with E-state index in [1.807, 2.05) is 5.32 Å². The molecule has 1 fully saturated rings. The largest absolute Gasteiger partial charge is 0.417 e. The summed E-state index contributed by atoms with van der Waals surface area (Å²) in [5.74, 6) is -8.34. The van der Waals surface area contributed by atoms with Gasteiger partial charge >= 0.3 is 12.6 Å². The first kappa shape index (κ1) is 19.1. The first-order chi connectivity index (χ1) is 11.6. The summed E-state index contributed by atoms with van der Waals surface area (Å²) < 4.78 is 80.8. The van der Waals surface area contributed by atoms with Crippen molar-refractivity contribution in [2.45, 2.75) is 37.8 Å². The normalized spacial score (nSPS) is 17.1. The summed E-state index contributed by atoms with van der Waals surface area (Å²) in [5, 5.41) is 4.15. The summed E-state index contributed by atoms with van der Waals surface area (Å²) in [6, 6.07) is 1.61. The molecule has 1 heterocycles. The number of hydrogen-bond acceptors (Lipinski definition) is 3. The number of aromatic nitrogens is 1. The number of alkyl halides is 6. The Morgan fingerprint density at radius 1 is 1.36 bits per heavy atom. The van der Waals surface area contributed by atoms with Crippen LogP contribution in [0.25, 0.3) is 0 Å². The van der Waals surface area contributed by atoms with Crippen molar-refractivity contribution < 1.29 is 35.9 Å². The fraction of sp³-hybridized carbons (Fsp3) is 0.571. The topological polar surface area (TPSA) is 63.2 Å². The molecule has 5 nitrogen and oxygen atoms in total.